The minimum atomic E-state index is -0.153. The summed E-state index contributed by atoms with van der Waals surface area (Å²) >= 11 is 5.71. The van der Waals surface area contributed by atoms with Gasteiger partial charge in [0.25, 0.3) is 0 Å². The van der Waals surface area contributed by atoms with E-state index in [0.717, 1.165) is 25.3 Å². The fourth-order valence-corrected chi connectivity index (χ4v) is 3.88. The van der Waals surface area contributed by atoms with Crippen LogP contribution in [0.5, 0.6) is 0 Å². The second-order valence-electron chi connectivity index (χ2n) is 10.4. The van der Waals surface area contributed by atoms with Gasteiger partial charge in [-0.2, -0.15) is 0 Å². The number of unbranched alkanes of at least 4 members (excludes halogenated alkanes) is 11. The van der Waals surface area contributed by atoms with Crippen LogP contribution in [0.3, 0.4) is 0 Å². The van der Waals surface area contributed by atoms with Gasteiger partial charge >= 0.3 is 11.9 Å². The predicted molar refractivity (Wildman–Crippen MR) is 143 cm³/mol. The Balaban J connectivity index is 4.02. The van der Waals surface area contributed by atoms with Gasteiger partial charge in [-0.1, -0.05) is 91.9 Å². The Kier molecular flexibility index (Phi) is 23.3. The summed E-state index contributed by atoms with van der Waals surface area (Å²) in [5.74, 6) is 1.18. The van der Waals surface area contributed by atoms with Gasteiger partial charge in [0.05, 0.1) is 26.1 Å². The molecular weight excluding hydrogens is 450 g/mol. The molecule has 0 atom stereocenters. The van der Waals surface area contributed by atoms with Crippen LogP contribution in [0.4, 0.5) is 0 Å². The zero-order valence-corrected chi connectivity index (χ0v) is 23.5. The fourth-order valence-electron chi connectivity index (χ4n) is 3.70. The van der Waals surface area contributed by atoms with Crippen LogP contribution in [-0.2, 0) is 19.1 Å². The van der Waals surface area contributed by atoms with Crippen LogP contribution < -0.4 is 0 Å². The number of hydrogen-bond acceptors (Lipinski definition) is 5. The molecule has 0 aromatic heterocycles. The summed E-state index contributed by atoms with van der Waals surface area (Å²) in [7, 11) is 0. The van der Waals surface area contributed by atoms with Gasteiger partial charge in [-0.15, -0.1) is 11.6 Å². The molecule has 0 fully saturated rings. The van der Waals surface area contributed by atoms with E-state index in [-0.39, 0.29) is 11.9 Å². The Labute approximate surface area is 215 Å². The number of nitrogens with zero attached hydrogens (tertiary/aromatic N) is 1. The number of rotatable bonds is 24. The van der Waals surface area contributed by atoms with Crippen molar-refractivity contribution in [2.24, 2.45) is 11.8 Å². The number of carbonyl (C=O) groups excluding carboxylic acids is 2. The van der Waals surface area contributed by atoms with E-state index in [1.165, 1.54) is 64.2 Å². The lowest BCUT2D eigenvalue weighted by Gasteiger charge is -2.22. The average Bonchev–Trinajstić information content (AvgIpc) is 2.80. The summed E-state index contributed by atoms with van der Waals surface area (Å²) in [6.45, 7) is 11.3. The number of alkyl halides is 1. The van der Waals surface area contributed by atoms with Gasteiger partial charge in [-0.3, -0.25) is 9.59 Å². The molecule has 0 aromatic carbocycles. The second kappa shape index (κ2) is 23.9. The molecule has 0 N–H and O–H groups in total. The monoisotopic (exact) mass is 503 g/mol. The molecule has 0 radical (unpaired) electrons. The van der Waals surface area contributed by atoms with Gasteiger partial charge in [0.15, 0.2) is 0 Å². The van der Waals surface area contributed by atoms with Crippen molar-refractivity contribution in [1.29, 1.82) is 0 Å². The number of ether oxygens (including phenoxy) is 2. The van der Waals surface area contributed by atoms with Crippen molar-refractivity contribution in [3.05, 3.63) is 0 Å². The van der Waals surface area contributed by atoms with Crippen molar-refractivity contribution in [2.75, 3.05) is 38.7 Å². The van der Waals surface area contributed by atoms with Crippen molar-refractivity contribution in [1.82, 2.24) is 4.90 Å². The van der Waals surface area contributed by atoms with Crippen LogP contribution in [0.25, 0.3) is 0 Å². The van der Waals surface area contributed by atoms with E-state index >= 15 is 0 Å². The maximum absolute atomic E-state index is 12.0. The van der Waals surface area contributed by atoms with E-state index in [1.54, 1.807) is 0 Å². The normalized spacial score (nSPS) is 11.5. The molecule has 0 heterocycles. The first-order chi connectivity index (χ1) is 16.3. The molecule has 0 aliphatic heterocycles. The minimum Gasteiger partial charge on any atom is -0.465 e. The molecule has 0 unspecified atom stereocenters. The van der Waals surface area contributed by atoms with Crippen molar-refractivity contribution >= 4 is 23.5 Å². The zero-order valence-electron chi connectivity index (χ0n) is 22.8. The van der Waals surface area contributed by atoms with E-state index in [1.807, 2.05) is 27.7 Å². The molecule has 202 valence electrons. The van der Waals surface area contributed by atoms with Crippen LogP contribution in [0.2, 0.25) is 0 Å². The topological polar surface area (TPSA) is 55.8 Å². The summed E-state index contributed by atoms with van der Waals surface area (Å²) in [5, 5.41) is 0. The number of carbonyl (C=O) groups is 2. The summed E-state index contributed by atoms with van der Waals surface area (Å²) in [6, 6.07) is 0. The largest absolute Gasteiger partial charge is 0.465 e. The number of hydrogen-bond donors (Lipinski definition) is 0. The highest BCUT2D eigenvalue weighted by atomic mass is 35.5. The van der Waals surface area contributed by atoms with Gasteiger partial charge in [0.1, 0.15) is 0 Å². The first-order valence-corrected chi connectivity index (χ1v) is 14.5. The quantitative estimate of drug-likeness (QED) is 0.0780. The van der Waals surface area contributed by atoms with Crippen molar-refractivity contribution in [3.63, 3.8) is 0 Å². The van der Waals surface area contributed by atoms with Crippen molar-refractivity contribution < 1.29 is 19.1 Å². The maximum atomic E-state index is 12.0. The van der Waals surface area contributed by atoms with Crippen LogP contribution >= 0.6 is 11.6 Å². The minimum absolute atomic E-state index is 0.153. The molecule has 34 heavy (non-hydrogen) atoms. The van der Waals surface area contributed by atoms with Gasteiger partial charge < -0.3 is 14.4 Å². The first-order valence-electron chi connectivity index (χ1n) is 13.9. The highest BCUT2D eigenvalue weighted by molar-refractivity contribution is 6.17. The maximum Gasteiger partial charge on any atom is 0.307 e. The smallest absolute Gasteiger partial charge is 0.307 e. The third-order valence-electron chi connectivity index (χ3n) is 5.78. The van der Waals surface area contributed by atoms with Crippen molar-refractivity contribution in [3.8, 4) is 0 Å². The molecule has 0 amide bonds. The molecule has 0 bridgehead atoms. The lowest BCUT2D eigenvalue weighted by molar-refractivity contribution is -0.145. The van der Waals surface area contributed by atoms with Gasteiger partial charge in [-0.05, 0) is 31.2 Å². The number of halogens is 1. The molecule has 0 spiro atoms. The second-order valence-corrected chi connectivity index (χ2v) is 10.8. The third-order valence-corrected chi connectivity index (χ3v) is 6.04. The molecule has 0 aliphatic carbocycles. The predicted octanol–water partition coefficient (Wildman–Crippen LogP) is 7.39. The van der Waals surface area contributed by atoms with Crippen LogP contribution in [0.15, 0.2) is 0 Å². The molecule has 0 aromatic rings. The number of esters is 2. The molecule has 0 saturated heterocycles. The lowest BCUT2D eigenvalue weighted by Crippen LogP contribution is -2.31. The highest BCUT2D eigenvalue weighted by Gasteiger charge is 2.13. The van der Waals surface area contributed by atoms with Crippen LogP contribution in [0, 0.1) is 11.8 Å². The van der Waals surface area contributed by atoms with Gasteiger partial charge in [0.2, 0.25) is 0 Å². The van der Waals surface area contributed by atoms with Gasteiger partial charge in [0, 0.05) is 19.0 Å². The van der Waals surface area contributed by atoms with Crippen molar-refractivity contribution in [2.45, 2.75) is 118 Å². The van der Waals surface area contributed by atoms with E-state index in [4.69, 9.17) is 21.1 Å². The standard InChI is InChI=1S/C28H54ClNO4/c1-25(2)23-33-27(31)17-21-30(22-18-28(32)34-24-26(3)4)20-16-14-12-10-8-6-5-7-9-11-13-15-19-29/h25-26H,5-24H2,1-4H3. The van der Waals surface area contributed by atoms with Crippen LogP contribution in [0.1, 0.15) is 118 Å². The Bertz CT molecular complexity index is 457. The first kappa shape index (κ1) is 33.2. The summed E-state index contributed by atoms with van der Waals surface area (Å²) in [5.41, 5.74) is 0. The zero-order chi connectivity index (χ0) is 25.4. The molecule has 5 nitrogen and oxygen atoms in total. The van der Waals surface area contributed by atoms with Crippen LogP contribution in [-0.4, -0.2) is 55.6 Å². The summed E-state index contributed by atoms with van der Waals surface area (Å²) in [6.07, 6.45) is 16.1. The van der Waals surface area contributed by atoms with E-state index in [2.05, 4.69) is 4.90 Å². The molecule has 0 rings (SSSR count). The summed E-state index contributed by atoms with van der Waals surface area (Å²) in [4.78, 5) is 26.2. The lowest BCUT2D eigenvalue weighted by atomic mass is 10.1. The average molecular weight is 504 g/mol. The third kappa shape index (κ3) is 24.3. The Morgan fingerprint density at radius 2 is 0.941 bits per heavy atom. The molecule has 6 heteroatoms. The SMILES string of the molecule is CC(C)COC(=O)CCN(CCCCCCCCCCCCCCCl)CCC(=O)OCC(C)C. The van der Waals surface area contributed by atoms with E-state index in [0.29, 0.717) is 51.0 Å². The fraction of sp³-hybridized carbons (Fsp3) is 0.929. The van der Waals surface area contributed by atoms with E-state index in [9.17, 15) is 9.59 Å². The van der Waals surface area contributed by atoms with Gasteiger partial charge in [-0.25, -0.2) is 0 Å². The summed E-state index contributed by atoms with van der Waals surface area (Å²) < 4.78 is 10.6. The highest BCUT2D eigenvalue weighted by Crippen LogP contribution is 2.13. The Morgan fingerprint density at radius 3 is 1.29 bits per heavy atom. The molecule has 0 aliphatic rings. The Hall–Kier alpha value is -0.810. The molecule has 0 saturated carbocycles. The molecular formula is C28H54ClNO4. The van der Waals surface area contributed by atoms with E-state index < -0.39 is 0 Å². The Morgan fingerprint density at radius 1 is 0.588 bits per heavy atom.